The highest BCUT2D eigenvalue weighted by molar-refractivity contribution is 7.73. The van der Waals surface area contributed by atoms with Gasteiger partial charge in [-0.25, -0.2) is 0 Å². The van der Waals surface area contributed by atoms with E-state index in [4.69, 9.17) is 14.2 Å². The van der Waals surface area contributed by atoms with Crippen LogP contribution in [-0.4, -0.2) is 82.7 Å². The van der Waals surface area contributed by atoms with E-state index in [0.29, 0.717) is 11.6 Å². The van der Waals surface area contributed by atoms with Gasteiger partial charge in [-0.3, -0.25) is 4.90 Å². The van der Waals surface area contributed by atoms with E-state index in [1.807, 2.05) is 0 Å². The molecule has 0 N–H and O–H groups in total. The fourth-order valence-corrected chi connectivity index (χ4v) is 10.3. The summed E-state index contributed by atoms with van der Waals surface area (Å²) in [7, 11) is 5.37. The molecule has 38 heavy (non-hydrogen) atoms. The van der Waals surface area contributed by atoms with Crippen LogP contribution in [0, 0.1) is 39.5 Å². The Morgan fingerprint density at radius 3 is 1.84 bits per heavy atom. The van der Waals surface area contributed by atoms with Crippen LogP contribution in [0.2, 0.25) is 0 Å². The topological polar surface area (TPSA) is 34.2 Å². The van der Waals surface area contributed by atoms with Crippen molar-refractivity contribution in [3.05, 3.63) is 46.5 Å². The molecule has 6 heteroatoms. The van der Waals surface area contributed by atoms with E-state index < -0.39 is 7.92 Å². The van der Waals surface area contributed by atoms with Gasteiger partial charge in [0.15, 0.2) is 0 Å². The average Bonchev–Trinajstić information content (AvgIpc) is 3.22. The fourth-order valence-electron chi connectivity index (χ4n) is 6.76. The van der Waals surface area contributed by atoms with Gasteiger partial charge in [-0.15, -0.1) is 0 Å². The van der Waals surface area contributed by atoms with Crippen LogP contribution in [0.3, 0.4) is 0 Å². The van der Waals surface area contributed by atoms with E-state index in [0.717, 1.165) is 63.4 Å². The SMILES string of the molecule is COc1c(C)cc(P(c2cc(C)c(OC)c(C)c2)C2CCC(C)C2CN(C)CCN2CCOCC2)cc1C. The molecule has 1 aliphatic heterocycles. The van der Waals surface area contributed by atoms with Crippen LogP contribution >= 0.6 is 7.92 Å². The van der Waals surface area contributed by atoms with Crippen molar-refractivity contribution in [1.82, 2.24) is 9.80 Å². The summed E-state index contributed by atoms with van der Waals surface area (Å²) in [5.74, 6) is 3.45. The molecule has 3 atom stereocenters. The zero-order valence-electron chi connectivity index (χ0n) is 25.0. The van der Waals surface area contributed by atoms with Gasteiger partial charge in [-0.2, -0.15) is 0 Å². The van der Waals surface area contributed by atoms with Gasteiger partial charge in [0.05, 0.1) is 27.4 Å². The Labute approximate surface area is 232 Å². The molecule has 5 nitrogen and oxygen atoms in total. The smallest absolute Gasteiger partial charge is 0.124 e. The summed E-state index contributed by atoms with van der Waals surface area (Å²) in [6.07, 6.45) is 2.61. The molecule has 1 saturated heterocycles. The van der Waals surface area contributed by atoms with Gasteiger partial charge in [0, 0.05) is 32.7 Å². The number of nitrogens with zero attached hydrogens (tertiary/aromatic N) is 2. The molecule has 0 aromatic heterocycles. The van der Waals surface area contributed by atoms with E-state index in [9.17, 15) is 0 Å². The van der Waals surface area contributed by atoms with Crippen LogP contribution in [-0.2, 0) is 4.74 Å². The number of methoxy groups -OCH3 is 2. The second-order valence-electron chi connectivity index (χ2n) is 11.6. The van der Waals surface area contributed by atoms with Gasteiger partial charge in [-0.05, 0) is 130 Å². The molecule has 1 saturated carbocycles. The van der Waals surface area contributed by atoms with Crippen LogP contribution < -0.4 is 20.1 Å². The fraction of sp³-hybridized carbons (Fsp3) is 0.625. The van der Waals surface area contributed by atoms with Gasteiger partial charge >= 0.3 is 0 Å². The Bertz CT molecular complexity index is 979. The molecule has 1 aliphatic carbocycles. The lowest BCUT2D eigenvalue weighted by Crippen LogP contribution is -2.42. The van der Waals surface area contributed by atoms with E-state index >= 15 is 0 Å². The second kappa shape index (κ2) is 13.1. The summed E-state index contributed by atoms with van der Waals surface area (Å²) in [4.78, 5) is 5.14. The average molecular weight is 541 g/mol. The van der Waals surface area contributed by atoms with E-state index in [-0.39, 0.29) is 0 Å². The zero-order chi connectivity index (χ0) is 27.4. The molecule has 2 fully saturated rings. The van der Waals surface area contributed by atoms with Gasteiger partial charge in [0.2, 0.25) is 0 Å². The number of benzene rings is 2. The van der Waals surface area contributed by atoms with Crippen molar-refractivity contribution < 1.29 is 14.2 Å². The number of hydrogen-bond donors (Lipinski definition) is 0. The van der Waals surface area contributed by atoms with E-state index in [1.165, 1.54) is 45.7 Å². The van der Waals surface area contributed by atoms with Crippen LogP contribution in [0.15, 0.2) is 24.3 Å². The predicted octanol–water partition coefficient (Wildman–Crippen LogP) is 5.05. The molecule has 0 radical (unpaired) electrons. The maximum Gasteiger partial charge on any atom is 0.124 e. The third-order valence-corrected chi connectivity index (χ3v) is 11.7. The van der Waals surface area contributed by atoms with Crippen LogP contribution in [0.4, 0.5) is 0 Å². The quantitative estimate of drug-likeness (QED) is 0.394. The summed E-state index contributed by atoms with van der Waals surface area (Å²) in [6, 6.07) is 9.65. The van der Waals surface area contributed by atoms with Crippen molar-refractivity contribution in [3.8, 4) is 11.5 Å². The number of hydrogen-bond acceptors (Lipinski definition) is 5. The van der Waals surface area contributed by atoms with E-state index in [1.54, 1.807) is 14.2 Å². The highest BCUT2D eigenvalue weighted by Crippen LogP contribution is 2.53. The number of aryl methyl sites for hydroxylation is 4. The minimum atomic E-state index is -0.534. The van der Waals surface area contributed by atoms with Crippen molar-refractivity contribution >= 4 is 18.5 Å². The second-order valence-corrected chi connectivity index (χ2v) is 14.0. The number of morpholine rings is 1. The number of ether oxygens (including phenoxy) is 3. The lowest BCUT2D eigenvalue weighted by molar-refractivity contribution is 0.0337. The summed E-state index contributed by atoms with van der Waals surface area (Å²) in [5.41, 5.74) is 5.61. The van der Waals surface area contributed by atoms with Gasteiger partial charge in [0.25, 0.3) is 0 Å². The van der Waals surface area contributed by atoms with Crippen molar-refractivity contribution in [2.24, 2.45) is 11.8 Å². The Kier molecular flexibility index (Phi) is 10.1. The summed E-state index contributed by atoms with van der Waals surface area (Å²) in [6.45, 7) is 18.6. The van der Waals surface area contributed by atoms with Crippen molar-refractivity contribution in [3.63, 3.8) is 0 Å². The predicted molar refractivity (Wildman–Crippen MR) is 162 cm³/mol. The molecule has 0 bridgehead atoms. The Morgan fingerprint density at radius 2 is 1.37 bits per heavy atom. The van der Waals surface area contributed by atoms with Gasteiger partial charge in [0.1, 0.15) is 11.5 Å². The summed E-state index contributed by atoms with van der Waals surface area (Å²) >= 11 is 0. The summed E-state index contributed by atoms with van der Waals surface area (Å²) < 4.78 is 17.0. The van der Waals surface area contributed by atoms with Gasteiger partial charge < -0.3 is 19.1 Å². The first-order chi connectivity index (χ1) is 18.2. The van der Waals surface area contributed by atoms with E-state index in [2.05, 4.69) is 75.7 Å². The molecule has 2 aromatic rings. The Morgan fingerprint density at radius 1 is 0.868 bits per heavy atom. The first kappa shape index (κ1) is 29.3. The lowest BCUT2D eigenvalue weighted by atomic mass is 9.97. The molecule has 2 aromatic carbocycles. The first-order valence-corrected chi connectivity index (χ1v) is 15.7. The molecule has 4 rings (SSSR count). The lowest BCUT2D eigenvalue weighted by Gasteiger charge is -2.35. The number of rotatable bonds is 10. The molecule has 0 amide bonds. The third kappa shape index (κ3) is 6.55. The maximum atomic E-state index is 5.75. The number of likely N-dealkylation sites (N-methyl/N-ethyl adjacent to an activating group) is 1. The zero-order valence-corrected chi connectivity index (χ0v) is 25.9. The van der Waals surface area contributed by atoms with Crippen molar-refractivity contribution in [2.45, 2.75) is 53.1 Å². The minimum absolute atomic E-state index is 0.534. The monoisotopic (exact) mass is 540 g/mol. The first-order valence-electron chi connectivity index (χ1n) is 14.3. The highest BCUT2D eigenvalue weighted by Gasteiger charge is 2.40. The highest BCUT2D eigenvalue weighted by atomic mass is 31.1. The normalized spacial score (nSPS) is 22.4. The molecule has 3 unspecified atom stereocenters. The summed E-state index contributed by atoms with van der Waals surface area (Å²) in [5, 5.41) is 2.97. The molecule has 1 heterocycles. The molecule has 0 spiro atoms. The third-order valence-electron chi connectivity index (χ3n) is 8.75. The molecule has 2 aliphatic rings. The molecular weight excluding hydrogens is 491 g/mol. The van der Waals surface area contributed by atoms with Crippen LogP contribution in [0.1, 0.15) is 42.0 Å². The Hall–Kier alpha value is -1.65. The standard InChI is InChI=1S/C32H49N2O3P/c1-22-9-10-30(29(22)21-33(6)11-12-34-13-15-37-16-14-34)38(27-17-23(2)31(35-7)24(3)18-27)28-19-25(4)32(36-8)26(5)20-28/h17-20,22,29-30H,9-16,21H2,1-8H3. The largest absolute Gasteiger partial charge is 0.496 e. The minimum Gasteiger partial charge on any atom is -0.496 e. The van der Waals surface area contributed by atoms with Crippen LogP contribution in [0.25, 0.3) is 0 Å². The van der Waals surface area contributed by atoms with Crippen molar-refractivity contribution in [1.29, 1.82) is 0 Å². The van der Waals surface area contributed by atoms with Crippen LogP contribution in [0.5, 0.6) is 11.5 Å². The Balaban J connectivity index is 1.66. The van der Waals surface area contributed by atoms with Crippen molar-refractivity contribution in [2.75, 3.05) is 67.2 Å². The van der Waals surface area contributed by atoms with Gasteiger partial charge in [-0.1, -0.05) is 6.92 Å². The molecule has 210 valence electrons. The molecular formula is C32H49N2O3P. The maximum absolute atomic E-state index is 5.75.